The fourth-order valence-corrected chi connectivity index (χ4v) is 3.48. The van der Waals surface area contributed by atoms with Gasteiger partial charge in [-0.3, -0.25) is 9.67 Å². The molecule has 6 heteroatoms. The van der Waals surface area contributed by atoms with Crippen LogP contribution < -0.4 is 10.6 Å². The van der Waals surface area contributed by atoms with E-state index >= 15 is 0 Å². The third-order valence-corrected chi connectivity index (χ3v) is 4.86. The topological polar surface area (TPSA) is 67.1 Å². The van der Waals surface area contributed by atoms with Crippen molar-refractivity contribution in [3.8, 4) is 0 Å². The smallest absolute Gasteiger partial charge is 0.191 e. The van der Waals surface area contributed by atoms with Crippen molar-refractivity contribution in [1.82, 2.24) is 25.4 Å². The predicted molar refractivity (Wildman–Crippen MR) is 82.8 cm³/mol. The van der Waals surface area contributed by atoms with E-state index in [-0.39, 0.29) is 0 Å². The number of aliphatic imine (C=N–C) groups is 1. The van der Waals surface area contributed by atoms with E-state index in [1.165, 1.54) is 38.5 Å². The van der Waals surface area contributed by atoms with Gasteiger partial charge in [-0.1, -0.05) is 32.1 Å². The Kier molecular flexibility index (Phi) is 4.41. The van der Waals surface area contributed by atoms with E-state index in [1.807, 2.05) is 14.1 Å². The maximum Gasteiger partial charge on any atom is 0.191 e. The molecule has 2 atom stereocenters. The molecule has 2 aliphatic rings. The number of nitrogens with zero attached hydrogens (tertiary/aromatic N) is 4. The third-order valence-electron chi connectivity index (χ3n) is 4.86. The van der Waals surface area contributed by atoms with Crippen molar-refractivity contribution < 1.29 is 0 Å². The molecule has 0 saturated heterocycles. The summed E-state index contributed by atoms with van der Waals surface area (Å²) in [4.78, 5) is 8.53. The minimum Gasteiger partial charge on any atom is -0.353 e. The molecule has 116 valence electrons. The van der Waals surface area contributed by atoms with Crippen molar-refractivity contribution in [1.29, 1.82) is 0 Å². The molecule has 2 saturated carbocycles. The van der Waals surface area contributed by atoms with E-state index in [9.17, 15) is 0 Å². The van der Waals surface area contributed by atoms with E-state index in [0.717, 1.165) is 23.6 Å². The summed E-state index contributed by atoms with van der Waals surface area (Å²) in [6, 6.07) is 0.610. The molecule has 0 aromatic carbocycles. The molecule has 0 aliphatic heterocycles. The van der Waals surface area contributed by atoms with Crippen molar-refractivity contribution in [3.05, 3.63) is 12.2 Å². The number of guanidine groups is 1. The first kappa shape index (κ1) is 14.4. The summed E-state index contributed by atoms with van der Waals surface area (Å²) in [6.07, 6.45) is 10.0. The molecule has 1 heterocycles. The lowest BCUT2D eigenvalue weighted by Gasteiger charge is -2.22. The predicted octanol–water partition coefficient (Wildman–Crippen LogP) is 1.45. The van der Waals surface area contributed by atoms with E-state index in [4.69, 9.17) is 0 Å². The molecule has 2 fully saturated rings. The van der Waals surface area contributed by atoms with Crippen LogP contribution in [0.2, 0.25) is 0 Å². The fraction of sp³-hybridized carbons (Fsp3) is 0.800. The zero-order valence-corrected chi connectivity index (χ0v) is 13.0. The Hall–Kier alpha value is -1.59. The molecular formula is C15H26N6. The highest BCUT2D eigenvalue weighted by Gasteiger charge is 2.43. The lowest BCUT2D eigenvalue weighted by atomic mass is 9.85. The van der Waals surface area contributed by atoms with Crippen LogP contribution >= 0.6 is 0 Å². The molecular weight excluding hydrogens is 264 g/mol. The molecule has 21 heavy (non-hydrogen) atoms. The second kappa shape index (κ2) is 6.45. The third kappa shape index (κ3) is 3.54. The van der Waals surface area contributed by atoms with E-state index < -0.39 is 0 Å². The first-order chi connectivity index (χ1) is 10.3. The van der Waals surface area contributed by atoms with Crippen molar-refractivity contribution in [2.75, 3.05) is 7.05 Å². The van der Waals surface area contributed by atoms with Crippen LogP contribution in [0.25, 0.3) is 0 Å². The van der Waals surface area contributed by atoms with Crippen molar-refractivity contribution in [2.45, 2.75) is 51.1 Å². The number of hydrogen-bond acceptors (Lipinski definition) is 3. The molecule has 1 aromatic heterocycles. The maximum absolute atomic E-state index is 4.31. The number of nitrogens with one attached hydrogen (secondary N) is 2. The lowest BCUT2D eigenvalue weighted by molar-refractivity contribution is 0.315. The van der Waals surface area contributed by atoms with Gasteiger partial charge < -0.3 is 10.6 Å². The van der Waals surface area contributed by atoms with Gasteiger partial charge in [0.25, 0.3) is 0 Å². The number of aryl methyl sites for hydroxylation is 1. The van der Waals surface area contributed by atoms with Crippen molar-refractivity contribution >= 4 is 5.96 Å². The Morgan fingerprint density at radius 2 is 2.19 bits per heavy atom. The zero-order chi connectivity index (χ0) is 14.7. The fourth-order valence-electron chi connectivity index (χ4n) is 3.48. The van der Waals surface area contributed by atoms with Crippen LogP contribution in [0.5, 0.6) is 0 Å². The number of rotatable bonds is 4. The van der Waals surface area contributed by atoms with Gasteiger partial charge in [-0.05, 0) is 18.3 Å². The molecule has 0 amide bonds. The second-order valence-corrected chi connectivity index (χ2v) is 6.27. The average Bonchev–Trinajstić information content (AvgIpc) is 3.17. The molecule has 3 rings (SSSR count). The highest BCUT2D eigenvalue weighted by atomic mass is 15.3. The molecule has 1 aromatic rings. The first-order valence-electron chi connectivity index (χ1n) is 8.08. The summed E-state index contributed by atoms with van der Waals surface area (Å²) in [5.74, 6) is 3.59. The van der Waals surface area contributed by atoms with Gasteiger partial charge in [0, 0.05) is 20.1 Å². The highest BCUT2D eigenvalue weighted by Crippen LogP contribution is 2.44. The van der Waals surface area contributed by atoms with Crippen LogP contribution in [0.1, 0.15) is 44.3 Å². The SMILES string of the molecule is CN=C(NCc1ncnn1C)NC1CC1C1CCCCC1. The van der Waals surface area contributed by atoms with E-state index in [1.54, 1.807) is 11.0 Å². The molecule has 0 bridgehead atoms. The van der Waals surface area contributed by atoms with E-state index in [2.05, 4.69) is 25.7 Å². The van der Waals surface area contributed by atoms with Gasteiger partial charge in [0.05, 0.1) is 6.54 Å². The summed E-state index contributed by atoms with van der Waals surface area (Å²) >= 11 is 0. The second-order valence-electron chi connectivity index (χ2n) is 6.27. The Bertz CT molecular complexity index is 488. The number of hydrogen-bond donors (Lipinski definition) is 2. The van der Waals surface area contributed by atoms with Crippen LogP contribution in [0, 0.1) is 11.8 Å². The summed E-state index contributed by atoms with van der Waals surface area (Å²) in [7, 11) is 3.73. The average molecular weight is 290 g/mol. The lowest BCUT2D eigenvalue weighted by Crippen LogP contribution is -2.39. The van der Waals surface area contributed by atoms with Gasteiger partial charge in [-0.15, -0.1) is 0 Å². The van der Waals surface area contributed by atoms with Crippen LogP contribution in [0.3, 0.4) is 0 Å². The largest absolute Gasteiger partial charge is 0.353 e. The van der Waals surface area contributed by atoms with Gasteiger partial charge in [0.2, 0.25) is 0 Å². The quantitative estimate of drug-likeness (QED) is 0.650. The minimum absolute atomic E-state index is 0.610. The monoisotopic (exact) mass is 290 g/mol. The molecule has 2 N–H and O–H groups in total. The van der Waals surface area contributed by atoms with Gasteiger partial charge in [0.15, 0.2) is 5.96 Å². The molecule has 2 aliphatic carbocycles. The van der Waals surface area contributed by atoms with Crippen molar-refractivity contribution in [3.63, 3.8) is 0 Å². The maximum atomic E-state index is 4.31. The standard InChI is InChI=1S/C15H26N6/c1-16-15(17-9-14-18-10-19-21(14)2)20-13-8-12(13)11-6-4-3-5-7-11/h10-13H,3-9H2,1-2H3,(H2,16,17,20). The molecule has 0 spiro atoms. The Morgan fingerprint density at radius 3 is 2.86 bits per heavy atom. The first-order valence-corrected chi connectivity index (χ1v) is 8.08. The molecule has 6 nitrogen and oxygen atoms in total. The zero-order valence-electron chi connectivity index (χ0n) is 13.0. The highest BCUT2D eigenvalue weighted by molar-refractivity contribution is 5.80. The van der Waals surface area contributed by atoms with Gasteiger partial charge in [0.1, 0.15) is 12.2 Å². The van der Waals surface area contributed by atoms with Crippen LogP contribution in [-0.4, -0.2) is 33.8 Å². The summed E-state index contributed by atoms with van der Waals surface area (Å²) in [5.41, 5.74) is 0. The Balaban J connectivity index is 1.44. The normalized spacial score (nSPS) is 26.7. The summed E-state index contributed by atoms with van der Waals surface area (Å²) < 4.78 is 1.78. The van der Waals surface area contributed by atoms with Gasteiger partial charge in [-0.2, -0.15) is 5.10 Å². The van der Waals surface area contributed by atoms with Crippen LogP contribution in [0.4, 0.5) is 0 Å². The van der Waals surface area contributed by atoms with Crippen LogP contribution in [0.15, 0.2) is 11.3 Å². The Morgan fingerprint density at radius 1 is 1.38 bits per heavy atom. The van der Waals surface area contributed by atoms with Crippen LogP contribution in [-0.2, 0) is 13.6 Å². The molecule has 2 unspecified atom stereocenters. The van der Waals surface area contributed by atoms with Gasteiger partial charge in [-0.25, -0.2) is 4.98 Å². The number of aromatic nitrogens is 3. The molecule has 0 radical (unpaired) electrons. The van der Waals surface area contributed by atoms with Gasteiger partial charge >= 0.3 is 0 Å². The van der Waals surface area contributed by atoms with E-state index in [0.29, 0.717) is 12.6 Å². The summed E-state index contributed by atoms with van der Waals surface area (Å²) in [5, 5.41) is 10.9. The van der Waals surface area contributed by atoms with Crippen molar-refractivity contribution in [2.24, 2.45) is 23.9 Å². The minimum atomic E-state index is 0.610. The Labute approximate surface area is 126 Å². The summed E-state index contributed by atoms with van der Waals surface area (Å²) in [6.45, 7) is 0.650.